The van der Waals surface area contributed by atoms with Gasteiger partial charge in [0.05, 0.1) is 19.6 Å². The molecule has 0 amide bonds. The Bertz CT molecular complexity index is 683. The molecule has 1 aliphatic heterocycles. The number of benzene rings is 2. The molecule has 0 aromatic heterocycles. The van der Waals surface area contributed by atoms with Crippen LogP contribution >= 0.6 is 0 Å². The van der Waals surface area contributed by atoms with Gasteiger partial charge in [-0.1, -0.05) is 72.3 Å². The van der Waals surface area contributed by atoms with E-state index in [0.717, 1.165) is 16.6 Å². The Hall–Kier alpha value is -2.43. The molecular formula is C22H23N. The van der Waals surface area contributed by atoms with Crippen molar-refractivity contribution in [3.8, 4) is 11.8 Å². The summed E-state index contributed by atoms with van der Waals surface area (Å²) in [7, 11) is 0. The second kappa shape index (κ2) is 7.72. The Morgan fingerprint density at radius 3 is 2.26 bits per heavy atom. The highest BCUT2D eigenvalue weighted by Crippen LogP contribution is 2.21. The molecule has 1 aliphatic rings. The highest BCUT2D eigenvalue weighted by molar-refractivity contribution is 5.48. The lowest BCUT2D eigenvalue weighted by Gasteiger charge is -2.36. The molecule has 0 unspecified atom stereocenters. The molecule has 0 spiro atoms. The van der Waals surface area contributed by atoms with Gasteiger partial charge in [-0.25, -0.2) is 5.92 Å². The fraction of sp³-hybridized carbons (Fsp3) is 0.227. The molecule has 0 saturated carbocycles. The summed E-state index contributed by atoms with van der Waals surface area (Å²) in [6.07, 6.45) is 7.10. The normalized spacial score (nSPS) is 16.0. The minimum atomic E-state index is 0.989. The van der Waals surface area contributed by atoms with Gasteiger partial charge < -0.3 is 4.48 Å². The highest BCUT2D eigenvalue weighted by atomic mass is 15.4. The van der Waals surface area contributed by atoms with E-state index in [2.05, 4.69) is 73.0 Å². The predicted octanol–water partition coefficient (Wildman–Crippen LogP) is 4.52. The highest BCUT2D eigenvalue weighted by Gasteiger charge is 2.26. The summed E-state index contributed by atoms with van der Waals surface area (Å²) < 4.78 is 0.989. The zero-order chi connectivity index (χ0) is 15.8. The SMILES string of the molecule is C(#Cc1ccccc1)[CH-][N+]1(C/C=C/c2ccccc2)CCCC1. The fourth-order valence-corrected chi connectivity index (χ4v) is 3.07. The molecule has 2 aromatic rings. The van der Waals surface area contributed by atoms with E-state index in [9.17, 15) is 0 Å². The van der Waals surface area contributed by atoms with E-state index in [-0.39, 0.29) is 0 Å². The van der Waals surface area contributed by atoms with Crippen LogP contribution in [-0.2, 0) is 0 Å². The summed E-state index contributed by atoms with van der Waals surface area (Å²) >= 11 is 0. The standard InChI is InChI=1S/C22H23N/c1-3-11-21(12-4-1)15-9-19-23(17-7-8-18-23)20-10-16-22-13-5-2-6-14-22/h1-6,9,11-15,20H,7-8,17-19H2/b15-9+. The Labute approximate surface area is 139 Å². The van der Waals surface area contributed by atoms with Gasteiger partial charge in [-0.3, -0.25) is 5.92 Å². The zero-order valence-corrected chi connectivity index (χ0v) is 13.5. The van der Waals surface area contributed by atoms with Crippen molar-refractivity contribution >= 4 is 6.08 Å². The van der Waals surface area contributed by atoms with E-state index in [1.165, 1.54) is 31.5 Å². The minimum Gasteiger partial charge on any atom is -0.358 e. The topological polar surface area (TPSA) is 0 Å². The van der Waals surface area contributed by atoms with Crippen molar-refractivity contribution in [2.24, 2.45) is 0 Å². The van der Waals surface area contributed by atoms with Gasteiger partial charge in [-0.05, 0) is 11.6 Å². The van der Waals surface area contributed by atoms with Gasteiger partial charge in [-0.15, -0.1) is 0 Å². The lowest BCUT2D eigenvalue weighted by molar-refractivity contribution is -0.877. The van der Waals surface area contributed by atoms with Crippen LogP contribution in [0.25, 0.3) is 6.08 Å². The molecule has 0 radical (unpaired) electrons. The van der Waals surface area contributed by atoms with Gasteiger partial charge in [-0.2, -0.15) is 0 Å². The van der Waals surface area contributed by atoms with Gasteiger partial charge >= 0.3 is 0 Å². The van der Waals surface area contributed by atoms with Crippen LogP contribution in [0.3, 0.4) is 0 Å². The van der Waals surface area contributed by atoms with E-state index in [1.54, 1.807) is 0 Å². The second-order valence-electron chi connectivity index (χ2n) is 6.13. The molecule has 0 atom stereocenters. The molecule has 2 aromatic carbocycles. The molecule has 1 heteroatoms. The quantitative estimate of drug-likeness (QED) is 0.442. The number of rotatable bonds is 4. The summed E-state index contributed by atoms with van der Waals surface area (Å²) in [5, 5.41) is 0. The van der Waals surface area contributed by atoms with Crippen LogP contribution in [0.15, 0.2) is 66.7 Å². The van der Waals surface area contributed by atoms with Gasteiger partial charge in [0.25, 0.3) is 0 Å². The van der Waals surface area contributed by atoms with E-state index >= 15 is 0 Å². The largest absolute Gasteiger partial charge is 0.358 e. The maximum atomic E-state index is 3.30. The summed E-state index contributed by atoms with van der Waals surface area (Å²) in [4.78, 5) is 0. The second-order valence-corrected chi connectivity index (χ2v) is 6.13. The molecule has 3 rings (SSSR count). The van der Waals surface area contributed by atoms with Crippen molar-refractivity contribution in [3.63, 3.8) is 0 Å². The van der Waals surface area contributed by atoms with Crippen molar-refractivity contribution in [2.75, 3.05) is 19.6 Å². The van der Waals surface area contributed by atoms with Gasteiger partial charge in [0.2, 0.25) is 0 Å². The Kier molecular flexibility index (Phi) is 5.19. The zero-order valence-electron chi connectivity index (χ0n) is 13.5. The van der Waals surface area contributed by atoms with Gasteiger partial charge in [0.1, 0.15) is 0 Å². The molecule has 0 aliphatic carbocycles. The molecule has 0 bridgehead atoms. The van der Waals surface area contributed by atoms with E-state index in [4.69, 9.17) is 0 Å². The summed E-state index contributed by atoms with van der Waals surface area (Å²) in [5.74, 6) is 6.56. The van der Waals surface area contributed by atoms with Crippen LogP contribution in [0, 0.1) is 18.4 Å². The lowest BCUT2D eigenvalue weighted by Crippen LogP contribution is -2.42. The molecule has 1 saturated heterocycles. The van der Waals surface area contributed by atoms with E-state index < -0.39 is 0 Å². The van der Waals surface area contributed by atoms with Crippen LogP contribution in [0.1, 0.15) is 24.0 Å². The average molecular weight is 301 g/mol. The monoisotopic (exact) mass is 301 g/mol. The van der Waals surface area contributed by atoms with Crippen molar-refractivity contribution < 1.29 is 4.48 Å². The third kappa shape index (κ3) is 4.52. The van der Waals surface area contributed by atoms with Crippen LogP contribution in [0.5, 0.6) is 0 Å². The third-order valence-corrected chi connectivity index (χ3v) is 4.36. The van der Waals surface area contributed by atoms with Crippen LogP contribution < -0.4 is 0 Å². The molecular weight excluding hydrogens is 278 g/mol. The van der Waals surface area contributed by atoms with Crippen molar-refractivity contribution in [1.29, 1.82) is 0 Å². The fourth-order valence-electron chi connectivity index (χ4n) is 3.07. The van der Waals surface area contributed by atoms with Crippen LogP contribution in [0.4, 0.5) is 0 Å². The summed E-state index contributed by atoms with van der Waals surface area (Å²) in [6.45, 7) is 5.62. The number of likely N-dealkylation sites (tertiary alicyclic amines) is 1. The van der Waals surface area contributed by atoms with Gasteiger partial charge in [0.15, 0.2) is 0 Å². The first-order valence-electron chi connectivity index (χ1n) is 8.35. The molecule has 23 heavy (non-hydrogen) atoms. The minimum absolute atomic E-state index is 0.989. The van der Waals surface area contributed by atoms with Gasteiger partial charge in [0, 0.05) is 19.4 Å². The Morgan fingerprint density at radius 2 is 1.57 bits per heavy atom. The maximum absolute atomic E-state index is 3.30. The first-order chi connectivity index (χ1) is 11.4. The van der Waals surface area contributed by atoms with Crippen LogP contribution in [-0.4, -0.2) is 24.1 Å². The van der Waals surface area contributed by atoms with Crippen molar-refractivity contribution in [2.45, 2.75) is 12.8 Å². The number of quaternary nitrogens is 1. The maximum Gasteiger partial charge on any atom is 0.0889 e. The van der Waals surface area contributed by atoms with E-state index in [1.807, 2.05) is 18.2 Å². The van der Waals surface area contributed by atoms with E-state index in [0.29, 0.717) is 0 Å². The predicted molar refractivity (Wildman–Crippen MR) is 97.2 cm³/mol. The summed E-state index contributed by atoms with van der Waals surface area (Å²) in [5.41, 5.74) is 2.35. The molecule has 1 fully saturated rings. The molecule has 0 N–H and O–H groups in total. The van der Waals surface area contributed by atoms with Crippen molar-refractivity contribution in [3.05, 3.63) is 84.4 Å². The Morgan fingerprint density at radius 1 is 0.913 bits per heavy atom. The molecule has 116 valence electrons. The van der Waals surface area contributed by atoms with Crippen molar-refractivity contribution in [1.82, 2.24) is 0 Å². The first kappa shape index (κ1) is 15.5. The third-order valence-electron chi connectivity index (χ3n) is 4.36. The Balaban J connectivity index is 1.63. The number of nitrogens with zero attached hydrogens (tertiary/aromatic N) is 1. The lowest BCUT2D eigenvalue weighted by atomic mass is 10.2. The molecule has 1 nitrogen and oxygen atoms in total. The smallest absolute Gasteiger partial charge is 0.0889 e. The number of hydrogen-bond donors (Lipinski definition) is 0. The summed E-state index contributed by atoms with van der Waals surface area (Å²) in [6, 6.07) is 20.7. The molecule has 1 heterocycles. The first-order valence-corrected chi connectivity index (χ1v) is 8.35. The average Bonchev–Trinajstić information content (AvgIpc) is 3.06. The number of hydrogen-bond acceptors (Lipinski definition) is 0. The van der Waals surface area contributed by atoms with Crippen LogP contribution in [0.2, 0.25) is 0 Å².